The molecule has 0 unspecified atom stereocenters. The van der Waals surface area contributed by atoms with E-state index in [4.69, 9.17) is 15.9 Å². The first-order valence-electron chi connectivity index (χ1n) is 11.9. The van der Waals surface area contributed by atoms with E-state index in [1.807, 2.05) is 55.5 Å². The topological polar surface area (TPSA) is 141 Å². The van der Waals surface area contributed by atoms with Gasteiger partial charge in [0.25, 0.3) is 5.56 Å². The zero-order valence-electron chi connectivity index (χ0n) is 21.0. The van der Waals surface area contributed by atoms with E-state index in [9.17, 15) is 9.90 Å². The Morgan fingerprint density at radius 2 is 1.87 bits per heavy atom. The molecule has 0 saturated heterocycles. The van der Waals surface area contributed by atoms with Crippen LogP contribution in [0.2, 0.25) is 0 Å². The average molecular weight is 508 g/mol. The van der Waals surface area contributed by atoms with E-state index in [1.54, 1.807) is 29.9 Å². The summed E-state index contributed by atoms with van der Waals surface area (Å²) in [6.07, 6.45) is 1.34. The fourth-order valence-electron chi connectivity index (χ4n) is 4.59. The van der Waals surface area contributed by atoms with Gasteiger partial charge in [-0.15, -0.1) is 0 Å². The molecule has 9 heteroatoms. The lowest BCUT2D eigenvalue weighted by atomic mass is 10.0. The molecule has 0 aliphatic carbocycles. The van der Waals surface area contributed by atoms with Crippen LogP contribution >= 0.6 is 0 Å². The van der Waals surface area contributed by atoms with Crippen LogP contribution in [0.25, 0.3) is 16.5 Å². The van der Waals surface area contributed by atoms with Crippen LogP contribution in [0.4, 0.5) is 11.6 Å². The molecule has 2 aromatic heterocycles. The Morgan fingerprint density at radius 3 is 2.66 bits per heavy atom. The highest BCUT2D eigenvalue weighted by atomic mass is 16.5. The largest absolute Gasteiger partial charge is 0.508 e. The second kappa shape index (κ2) is 10.1. The number of aromatic nitrogens is 3. The van der Waals surface area contributed by atoms with Crippen molar-refractivity contribution in [1.82, 2.24) is 14.5 Å². The first-order chi connectivity index (χ1) is 18.4. The van der Waals surface area contributed by atoms with Crippen LogP contribution in [-0.2, 0) is 6.54 Å². The number of para-hydroxylation sites is 2. The van der Waals surface area contributed by atoms with Crippen LogP contribution in [0.5, 0.6) is 11.5 Å². The summed E-state index contributed by atoms with van der Waals surface area (Å²) in [5, 5.41) is 21.1. The predicted octanol–water partition coefficient (Wildman–Crippen LogP) is 2.59. The number of anilines is 2. The molecule has 0 radical (unpaired) electrons. The fourth-order valence-corrected chi connectivity index (χ4v) is 4.59. The number of phenols is 1. The number of pyridine rings is 1. The molecule has 0 saturated carbocycles. The summed E-state index contributed by atoms with van der Waals surface area (Å²) in [7, 11) is 1.57. The molecule has 0 amide bonds. The minimum absolute atomic E-state index is 0.0719. The monoisotopic (exact) mass is 507 g/mol. The van der Waals surface area contributed by atoms with Crippen LogP contribution in [0, 0.1) is 6.92 Å². The van der Waals surface area contributed by atoms with Crippen molar-refractivity contribution in [2.24, 2.45) is 0 Å². The molecule has 5 rings (SSSR count). The lowest BCUT2D eigenvalue weighted by molar-refractivity contribution is -0.111. The summed E-state index contributed by atoms with van der Waals surface area (Å²) in [4.78, 5) is 22.4. The maximum atomic E-state index is 13.9. The van der Waals surface area contributed by atoms with Gasteiger partial charge in [0.1, 0.15) is 35.0 Å². The average Bonchev–Trinajstić information content (AvgIpc) is 2.91. The number of aromatic hydroxyl groups is 1. The molecule has 0 aliphatic rings. The molecular formula is C29H27N6O3+. The van der Waals surface area contributed by atoms with Gasteiger partial charge in [-0.2, -0.15) is 0 Å². The first kappa shape index (κ1) is 24.5. The summed E-state index contributed by atoms with van der Waals surface area (Å²) in [5.74, 6) is 1.21. The van der Waals surface area contributed by atoms with Crippen molar-refractivity contribution in [3.63, 3.8) is 0 Å². The molecule has 6 N–H and O–H groups in total. The number of hydrogen-bond acceptors (Lipinski definition) is 7. The Labute approximate surface area is 218 Å². The van der Waals surface area contributed by atoms with Gasteiger partial charge >= 0.3 is 0 Å². The smallest absolute Gasteiger partial charge is 0.263 e. The summed E-state index contributed by atoms with van der Waals surface area (Å²) >= 11 is 0. The number of nitrogens with zero attached hydrogens (tertiary/aromatic N) is 3. The van der Waals surface area contributed by atoms with Crippen molar-refractivity contribution in [3.8, 4) is 17.2 Å². The number of aryl methyl sites for hydroxylation is 1. The molecule has 9 nitrogen and oxygen atoms in total. The van der Waals surface area contributed by atoms with E-state index in [2.05, 4.69) is 15.3 Å². The van der Waals surface area contributed by atoms with Crippen molar-refractivity contribution in [2.45, 2.75) is 13.5 Å². The Hall–Kier alpha value is -5.18. The fraction of sp³-hybridized carbons (Fsp3) is 0.103. The van der Waals surface area contributed by atoms with Crippen LogP contribution in [0.1, 0.15) is 22.4 Å². The third kappa shape index (κ3) is 4.41. The van der Waals surface area contributed by atoms with Gasteiger partial charge in [0.05, 0.1) is 30.3 Å². The number of methoxy groups -OCH3 is 1. The van der Waals surface area contributed by atoms with Crippen molar-refractivity contribution < 1.29 is 15.3 Å². The van der Waals surface area contributed by atoms with Crippen LogP contribution in [0.15, 0.2) is 83.9 Å². The van der Waals surface area contributed by atoms with E-state index in [-0.39, 0.29) is 23.7 Å². The zero-order valence-corrected chi connectivity index (χ0v) is 21.0. The molecule has 0 fully saturated rings. The van der Waals surface area contributed by atoms with Gasteiger partial charge in [0.15, 0.2) is 0 Å². The SMILES string of the molecule is COc1ccccc1-n1c(CNc2ncnc(N)c2C(=[NH2+])c2cccc(O)c2)cc2cccc(C)c2c1=O. The second-order valence-electron chi connectivity index (χ2n) is 8.79. The summed E-state index contributed by atoms with van der Waals surface area (Å²) in [5.41, 5.74) is 9.52. The maximum Gasteiger partial charge on any atom is 0.263 e. The number of benzene rings is 3. The number of nitrogens with one attached hydrogen (secondary N) is 1. The minimum Gasteiger partial charge on any atom is -0.508 e. The Morgan fingerprint density at radius 1 is 1.08 bits per heavy atom. The van der Waals surface area contributed by atoms with Gasteiger partial charge in [-0.3, -0.25) is 14.8 Å². The van der Waals surface area contributed by atoms with E-state index in [1.165, 1.54) is 12.4 Å². The normalized spacial score (nSPS) is 10.9. The molecule has 190 valence electrons. The zero-order chi connectivity index (χ0) is 26.8. The minimum atomic E-state index is -0.157. The third-order valence-corrected chi connectivity index (χ3v) is 6.40. The van der Waals surface area contributed by atoms with Crippen LogP contribution in [0.3, 0.4) is 0 Å². The highest BCUT2D eigenvalue weighted by Crippen LogP contribution is 2.27. The summed E-state index contributed by atoms with van der Waals surface area (Å²) in [6.45, 7) is 2.14. The molecule has 0 spiro atoms. The van der Waals surface area contributed by atoms with Crippen molar-refractivity contribution in [3.05, 3.63) is 112 Å². The molecule has 2 heterocycles. The van der Waals surface area contributed by atoms with Crippen molar-refractivity contribution in [1.29, 1.82) is 0 Å². The third-order valence-electron chi connectivity index (χ3n) is 6.40. The summed E-state index contributed by atoms with van der Waals surface area (Å²) in [6, 6.07) is 21.6. The highest BCUT2D eigenvalue weighted by molar-refractivity contribution is 6.14. The Bertz CT molecular complexity index is 1750. The van der Waals surface area contributed by atoms with E-state index < -0.39 is 0 Å². The Balaban J connectivity index is 1.63. The molecule has 3 aromatic carbocycles. The summed E-state index contributed by atoms with van der Waals surface area (Å²) < 4.78 is 7.23. The van der Waals surface area contributed by atoms with Crippen molar-refractivity contribution in [2.75, 3.05) is 18.2 Å². The molecular weight excluding hydrogens is 480 g/mol. The number of hydrogen-bond donors (Lipinski definition) is 4. The van der Waals surface area contributed by atoms with E-state index in [0.29, 0.717) is 45.2 Å². The number of phenolic OH excluding ortho intramolecular Hbond substituents is 1. The number of ether oxygens (including phenoxy) is 1. The molecule has 0 atom stereocenters. The first-order valence-corrected chi connectivity index (χ1v) is 11.9. The number of nitrogen functional groups attached to an aromatic ring is 1. The van der Waals surface area contributed by atoms with Gasteiger partial charge in [0.2, 0.25) is 5.71 Å². The lowest BCUT2D eigenvalue weighted by Crippen LogP contribution is -2.42. The van der Waals surface area contributed by atoms with E-state index >= 15 is 0 Å². The standard InChI is InChI=1S/C29H26N6O3/c1-17-7-5-8-18-13-20(35(29(37)24(17)18)22-11-3-4-12-23(22)38-2)15-32-28-25(27(31)33-16-34-28)26(30)19-9-6-10-21(36)14-19/h3-14,16,30,36H,15H2,1-2H3,(H3,31,32,33,34)/p+1. The van der Waals surface area contributed by atoms with Crippen molar-refractivity contribution >= 4 is 28.1 Å². The maximum absolute atomic E-state index is 13.9. The van der Waals surface area contributed by atoms with Gasteiger partial charge < -0.3 is 20.9 Å². The quantitative estimate of drug-likeness (QED) is 0.248. The number of rotatable bonds is 7. The Kier molecular flexibility index (Phi) is 6.49. The molecule has 38 heavy (non-hydrogen) atoms. The number of nitrogens with two attached hydrogens (primary N) is 2. The van der Waals surface area contributed by atoms with Crippen LogP contribution < -0.4 is 26.8 Å². The second-order valence-corrected chi connectivity index (χ2v) is 8.79. The van der Waals surface area contributed by atoms with Gasteiger partial charge in [-0.05, 0) is 54.3 Å². The van der Waals surface area contributed by atoms with Gasteiger partial charge in [-0.25, -0.2) is 9.97 Å². The molecule has 5 aromatic rings. The number of fused-ring (bicyclic) bond motifs is 1. The lowest BCUT2D eigenvalue weighted by Gasteiger charge is -2.19. The predicted molar refractivity (Wildman–Crippen MR) is 148 cm³/mol. The highest BCUT2D eigenvalue weighted by Gasteiger charge is 2.22. The van der Waals surface area contributed by atoms with Gasteiger partial charge in [-0.1, -0.05) is 36.4 Å². The van der Waals surface area contributed by atoms with Gasteiger partial charge in [0, 0.05) is 5.69 Å². The molecule has 0 bridgehead atoms. The molecule has 0 aliphatic heterocycles. The van der Waals surface area contributed by atoms with E-state index in [0.717, 1.165) is 10.9 Å². The van der Waals surface area contributed by atoms with Crippen LogP contribution in [-0.4, -0.2) is 32.5 Å².